The molecular formula is C14H16F2O2S. The average molecular weight is 286 g/mol. The molecule has 2 rings (SSSR count). The fourth-order valence-electron chi connectivity index (χ4n) is 1.97. The van der Waals surface area contributed by atoms with E-state index >= 15 is 0 Å². The minimum Gasteiger partial charge on any atom is -0.469 e. The lowest BCUT2D eigenvalue weighted by Gasteiger charge is -2.13. The van der Waals surface area contributed by atoms with Crippen LogP contribution in [0.25, 0.3) is 0 Å². The number of carbonyl (C=O) groups is 1. The van der Waals surface area contributed by atoms with Gasteiger partial charge in [-0.1, -0.05) is 6.07 Å². The number of carbonyl (C=O) groups excluding carboxylic acids is 1. The second-order valence-electron chi connectivity index (χ2n) is 4.95. The Morgan fingerprint density at radius 1 is 1.37 bits per heavy atom. The maximum atomic E-state index is 13.4. The summed E-state index contributed by atoms with van der Waals surface area (Å²) in [5, 5.41) is 0. The topological polar surface area (TPSA) is 26.3 Å². The van der Waals surface area contributed by atoms with Crippen LogP contribution >= 0.6 is 11.8 Å². The van der Waals surface area contributed by atoms with Crippen molar-refractivity contribution in [1.29, 1.82) is 0 Å². The standard InChI is InChI=1S/C14H16F2O2S/c1-18-13(17)7-14(5-6-14)9-19-8-10-11(15)3-2-4-12(10)16/h2-4H,5-9H2,1H3. The zero-order valence-electron chi connectivity index (χ0n) is 10.7. The highest BCUT2D eigenvalue weighted by atomic mass is 32.2. The zero-order chi connectivity index (χ0) is 13.9. The molecule has 1 aromatic carbocycles. The molecule has 19 heavy (non-hydrogen) atoms. The third kappa shape index (κ3) is 3.69. The summed E-state index contributed by atoms with van der Waals surface area (Å²) >= 11 is 1.47. The number of benzene rings is 1. The molecule has 0 atom stereocenters. The molecule has 0 unspecified atom stereocenters. The van der Waals surface area contributed by atoms with Crippen LogP contribution in [0.2, 0.25) is 0 Å². The van der Waals surface area contributed by atoms with Crippen molar-refractivity contribution < 1.29 is 18.3 Å². The van der Waals surface area contributed by atoms with E-state index in [1.807, 2.05) is 0 Å². The Balaban J connectivity index is 1.85. The maximum absolute atomic E-state index is 13.4. The first kappa shape index (κ1) is 14.3. The number of hydrogen-bond donors (Lipinski definition) is 0. The molecule has 0 radical (unpaired) electrons. The van der Waals surface area contributed by atoms with Crippen LogP contribution in [0.5, 0.6) is 0 Å². The van der Waals surface area contributed by atoms with Crippen LogP contribution in [0.4, 0.5) is 8.78 Å². The molecule has 2 nitrogen and oxygen atoms in total. The molecule has 0 saturated heterocycles. The van der Waals surface area contributed by atoms with E-state index in [1.54, 1.807) is 0 Å². The van der Waals surface area contributed by atoms with Gasteiger partial charge in [-0.3, -0.25) is 4.79 Å². The van der Waals surface area contributed by atoms with E-state index in [0.29, 0.717) is 12.2 Å². The van der Waals surface area contributed by atoms with Crippen LogP contribution in [-0.2, 0) is 15.3 Å². The van der Waals surface area contributed by atoms with Gasteiger partial charge in [0.15, 0.2) is 0 Å². The molecular weight excluding hydrogens is 270 g/mol. The molecule has 104 valence electrons. The second kappa shape index (κ2) is 5.90. The predicted molar refractivity (Wildman–Crippen MR) is 70.8 cm³/mol. The summed E-state index contributed by atoms with van der Waals surface area (Å²) in [6.07, 6.45) is 2.36. The number of thioether (sulfide) groups is 1. The highest BCUT2D eigenvalue weighted by Crippen LogP contribution is 2.51. The Bertz CT molecular complexity index is 452. The summed E-state index contributed by atoms with van der Waals surface area (Å²) < 4.78 is 31.5. The molecule has 1 aromatic rings. The SMILES string of the molecule is COC(=O)CC1(CSCc2c(F)cccc2F)CC1. The molecule has 0 aromatic heterocycles. The van der Waals surface area contributed by atoms with Gasteiger partial charge in [0.05, 0.1) is 13.5 Å². The van der Waals surface area contributed by atoms with Crippen molar-refractivity contribution in [3.8, 4) is 0 Å². The molecule has 0 aliphatic heterocycles. The number of hydrogen-bond acceptors (Lipinski definition) is 3. The quantitative estimate of drug-likeness (QED) is 0.748. The van der Waals surface area contributed by atoms with Crippen molar-refractivity contribution in [2.75, 3.05) is 12.9 Å². The first-order valence-electron chi connectivity index (χ1n) is 6.14. The third-order valence-electron chi connectivity index (χ3n) is 3.42. The van der Waals surface area contributed by atoms with Gasteiger partial charge >= 0.3 is 5.97 Å². The first-order chi connectivity index (χ1) is 9.06. The number of rotatable bonds is 6. The minimum absolute atomic E-state index is 0.0144. The van der Waals surface area contributed by atoms with Crippen molar-refractivity contribution in [2.24, 2.45) is 5.41 Å². The summed E-state index contributed by atoms with van der Waals surface area (Å²) in [4.78, 5) is 11.3. The lowest BCUT2D eigenvalue weighted by atomic mass is 10.1. The summed E-state index contributed by atoms with van der Waals surface area (Å²) in [5.74, 6) is -0.206. The Morgan fingerprint density at radius 3 is 2.53 bits per heavy atom. The molecule has 5 heteroatoms. The van der Waals surface area contributed by atoms with Crippen molar-refractivity contribution >= 4 is 17.7 Å². The van der Waals surface area contributed by atoms with E-state index in [-0.39, 0.29) is 16.9 Å². The first-order valence-corrected chi connectivity index (χ1v) is 7.29. The number of halogens is 2. The van der Waals surface area contributed by atoms with Crippen LogP contribution in [0, 0.1) is 17.0 Å². The monoisotopic (exact) mass is 286 g/mol. The van der Waals surface area contributed by atoms with Crippen LogP contribution in [-0.4, -0.2) is 18.8 Å². The maximum Gasteiger partial charge on any atom is 0.306 e. The van der Waals surface area contributed by atoms with Crippen molar-refractivity contribution in [2.45, 2.75) is 25.0 Å². The Kier molecular flexibility index (Phi) is 4.45. The Labute approximate surface area is 115 Å². The molecule has 0 bridgehead atoms. The van der Waals surface area contributed by atoms with E-state index in [1.165, 1.54) is 37.1 Å². The van der Waals surface area contributed by atoms with E-state index in [0.717, 1.165) is 18.6 Å². The van der Waals surface area contributed by atoms with Gasteiger partial charge in [0.25, 0.3) is 0 Å². The van der Waals surface area contributed by atoms with Gasteiger partial charge in [0.1, 0.15) is 11.6 Å². The lowest BCUT2D eigenvalue weighted by molar-refractivity contribution is -0.141. The van der Waals surface area contributed by atoms with Gasteiger partial charge in [0, 0.05) is 11.3 Å². The third-order valence-corrected chi connectivity index (χ3v) is 4.73. The summed E-state index contributed by atoms with van der Waals surface area (Å²) in [6, 6.07) is 3.89. The zero-order valence-corrected chi connectivity index (χ0v) is 11.6. The molecule has 0 N–H and O–H groups in total. The molecule has 1 aliphatic rings. The Hall–Kier alpha value is -1.10. The van der Waals surface area contributed by atoms with Crippen LogP contribution in [0.3, 0.4) is 0 Å². The minimum atomic E-state index is -0.509. The van der Waals surface area contributed by atoms with Crippen molar-refractivity contribution in [3.63, 3.8) is 0 Å². The molecule has 0 heterocycles. The summed E-state index contributed by atoms with van der Waals surface area (Å²) in [7, 11) is 1.38. The second-order valence-corrected chi connectivity index (χ2v) is 5.93. The van der Waals surface area contributed by atoms with Gasteiger partial charge in [-0.15, -0.1) is 0 Å². The molecule has 0 spiro atoms. The molecule has 1 saturated carbocycles. The fraction of sp³-hybridized carbons (Fsp3) is 0.500. The van der Waals surface area contributed by atoms with Crippen molar-refractivity contribution in [3.05, 3.63) is 35.4 Å². The molecule has 1 aliphatic carbocycles. The smallest absolute Gasteiger partial charge is 0.306 e. The fourth-order valence-corrected chi connectivity index (χ4v) is 3.37. The molecule has 1 fully saturated rings. The lowest BCUT2D eigenvalue weighted by Crippen LogP contribution is -2.13. The van der Waals surface area contributed by atoms with E-state index in [9.17, 15) is 13.6 Å². The number of esters is 1. The normalized spacial score (nSPS) is 16.2. The number of methoxy groups -OCH3 is 1. The summed E-state index contributed by atoms with van der Waals surface area (Å²) in [5.41, 5.74) is 0.0980. The van der Waals surface area contributed by atoms with Crippen LogP contribution < -0.4 is 0 Å². The Morgan fingerprint density at radius 2 is 2.00 bits per heavy atom. The number of ether oxygens (including phenoxy) is 1. The van der Waals surface area contributed by atoms with E-state index < -0.39 is 11.6 Å². The highest BCUT2D eigenvalue weighted by molar-refractivity contribution is 7.98. The van der Waals surface area contributed by atoms with E-state index in [4.69, 9.17) is 0 Å². The van der Waals surface area contributed by atoms with Gasteiger partial charge in [-0.05, 0) is 36.1 Å². The van der Waals surface area contributed by atoms with Gasteiger partial charge in [-0.25, -0.2) is 8.78 Å². The van der Waals surface area contributed by atoms with Crippen molar-refractivity contribution in [1.82, 2.24) is 0 Å². The average Bonchev–Trinajstić information content (AvgIpc) is 3.13. The summed E-state index contributed by atoms with van der Waals surface area (Å²) in [6.45, 7) is 0. The predicted octanol–water partition coefficient (Wildman–Crippen LogP) is 3.54. The van der Waals surface area contributed by atoms with Gasteiger partial charge in [0.2, 0.25) is 0 Å². The van der Waals surface area contributed by atoms with E-state index in [2.05, 4.69) is 4.74 Å². The molecule has 0 amide bonds. The highest BCUT2D eigenvalue weighted by Gasteiger charge is 2.44. The van der Waals surface area contributed by atoms with Gasteiger partial charge < -0.3 is 4.74 Å². The van der Waals surface area contributed by atoms with Crippen LogP contribution in [0.15, 0.2) is 18.2 Å². The van der Waals surface area contributed by atoms with Crippen LogP contribution in [0.1, 0.15) is 24.8 Å². The van der Waals surface area contributed by atoms with Gasteiger partial charge in [-0.2, -0.15) is 11.8 Å². The largest absolute Gasteiger partial charge is 0.469 e.